The predicted molar refractivity (Wildman–Crippen MR) is 73.7 cm³/mol. The van der Waals surface area contributed by atoms with E-state index in [-0.39, 0.29) is 6.61 Å². The number of ether oxygens (including phenoxy) is 2. The lowest BCUT2D eigenvalue weighted by Crippen LogP contribution is -2.47. The summed E-state index contributed by atoms with van der Waals surface area (Å²) in [7, 11) is -2.64. The van der Waals surface area contributed by atoms with Gasteiger partial charge in [0.1, 0.15) is 12.2 Å². The number of hydrogen-bond donors (Lipinski definition) is 0. The van der Waals surface area contributed by atoms with E-state index in [2.05, 4.69) is 0 Å². The summed E-state index contributed by atoms with van der Waals surface area (Å²) in [6.07, 6.45) is -0.739. The van der Waals surface area contributed by atoms with Gasteiger partial charge in [0.2, 0.25) is 0 Å². The minimum absolute atomic E-state index is 0.259. The molecule has 1 saturated heterocycles. The van der Waals surface area contributed by atoms with E-state index in [1.807, 2.05) is 0 Å². The Hall–Kier alpha value is -0.300. The molecule has 0 spiro atoms. The second-order valence-corrected chi connectivity index (χ2v) is 8.23. The van der Waals surface area contributed by atoms with Gasteiger partial charge in [-0.3, -0.25) is 8.37 Å². The smallest absolute Gasteiger partial charge is 0.264 e. The molecule has 126 valence electrons. The van der Waals surface area contributed by atoms with E-state index < -0.39 is 44.8 Å². The van der Waals surface area contributed by atoms with Crippen molar-refractivity contribution in [2.45, 2.75) is 24.5 Å². The first-order valence-corrected chi connectivity index (χ1v) is 9.65. The minimum atomic E-state index is -3.73. The minimum Gasteiger partial charge on any atom is -0.353 e. The van der Waals surface area contributed by atoms with Crippen molar-refractivity contribution in [3.63, 3.8) is 0 Å². The highest BCUT2D eigenvalue weighted by atomic mass is 32.2. The molecule has 11 heteroatoms. The van der Waals surface area contributed by atoms with Crippen molar-refractivity contribution >= 4 is 20.2 Å². The Morgan fingerprint density at radius 3 is 2.05 bits per heavy atom. The van der Waals surface area contributed by atoms with Crippen molar-refractivity contribution in [1.82, 2.24) is 4.90 Å². The van der Waals surface area contributed by atoms with Gasteiger partial charge in [-0.1, -0.05) is 0 Å². The molecule has 9 nitrogen and oxygen atoms in total. The van der Waals surface area contributed by atoms with Crippen molar-refractivity contribution in [3.8, 4) is 0 Å². The quantitative estimate of drug-likeness (QED) is 0.514. The van der Waals surface area contributed by atoms with Crippen LogP contribution in [0.15, 0.2) is 0 Å². The van der Waals surface area contributed by atoms with Crippen LogP contribution in [0.25, 0.3) is 0 Å². The molecule has 0 N–H and O–H groups in total. The van der Waals surface area contributed by atoms with Crippen LogP contribution < -0.4 is 0 Å². The second kappa shape index (κ2) is 6.86. The topological polar surface area (TPSA) is 108 Å². The van der Waals surface area contributed by atoms with Gasteiger partial charge < -0.3 is 14.4 Å². The Balaban J connectivity index is 2.95. The zero-order valence-corrected chi connectivity index (χ0v) is 14.2. The van der Waals surface area contributed by atoms with Crippen molar-refractivity contribution in [1.29, 1.82) is 0 Å². The monoisotopic (exact) mass is 347 g/mol. The fourth-order valence-electron chi connectivity index (χ4n) is 2.15. The summed E-state index contributed by atoms with van der Waals surface area (Å²) in [5.41, 5.74) is 0. The molecule has 1 aliphatic rings. The number of rotatable bonds is 7. The van der Waals surface area contributed by atoms with Crippen LogP contribution >= 0.6 is 0 Å². The maximum atomic E-state index is 11.4. The molecule has 21 heavy (non-hydrogen) atoms. The Bertz CT molecular complexity index is 543. The standard InChI is InChI=1S/C10H21NO8S2/c1-11(2)8-7(6-17-20(4,12)13)18-10(16-3)9(8)19-21(5,14)15/h7-10H,6H2,1-5H3/t7-,8+,9-,10-/m1/s1. The van der Waals surface area contributed by atoms with Crippen LogP contribution in [0.1, 0.15) is 0 Å². The maximum Gasteiger partial charge on any atom is 0.264 e. The van der Waals surface area contributed by atoms with Crippen LogP contribution in [0.4, 0.5) is 0 Å². The number of methoxy groups -OCH3 is 1. The normalized spacial score (nSPS) is 31.0. The third-order valence-electron chi connectivity index (χ3n) is 2.86. The van der Waals surface area contributed by atoms with Crippen LogP contribution in [0, 0.1) is 0 Å². The summed E-state index contributed by atoms with van der Waals surface area (Å²) in [5, 5.41) is 0. The molecule has 4 atom stereocenters. The first kappa shape index (κ1) is 18.7. The summed E-state index contributed by atoms with van der Waals surface area (Å²) in [5.74, 6) is 0. The molecule has 0 aliphatic carbocycles. The van der Waals surface area contributed by atoms with Gasteiger partial charge in [-0.25, -0.2) is 0 Å². The third-order valence-corrected chi connectivity index (χ3v) is 3.99. The zero-order chi connectivity index (χ0) is 16.4. The van der Waals surface area contributed by atoms with Crippen LogP contribution in [-0.2, 0) is 38.1 Å². The summed E-state index contributed by atoms with van der Waals surface area (Å²) < 4.78 is 65.2. The molecule has 0 saturated carbocycles. The van der Waals surface area contributed by atoms with E-state index in [1.165, 1.54) is 7.11 Å². The highest BCUT2D eigenvalue weighted by Crippen LogP contribution is 2.29. The molecule has 1 heterocycles. The van der Waals surface area contributed by atoms with Crippen molar-refractivity contribution in [2.24, 2.45) is 0 Å². The van der Waals surface area contributed by atoms with Crippen molar-refractivity contribution in [3.05, 3.63) is 0 Å². The predicted octanol–water partition coefficient (Wildman–Crippen LogP) is -1.39. The van der Waals surface area contributed by atoms with E-state index in [0.29, 0.717) is 0 Å². The van der Waals surface area contributed by atoms with Crippen molar-refractivity contribution < 1.29 is 34.7 Å². The molecule has 1 aliphatic heterocycles. The van der Waals surface area contributed by atoms with Crippen LogP contribution in [0.5, 0.6) is 0 Å². The lowest BCUT2D eigenvalue weighted by atomic mass is 10.1. The Labute approximate surface area is 125 Å². The molecule has 0 aromatic carbocycles. The lowest BCUT2D eigenvalue weighted by Gasteiger charge is -2.28. The first-order chi connectivity index (χ1) is 9.44. The molecule has 0 aromatic heterocycles. The highest BCUT2D eigenvalue weighted by Gasteiger charge is 2.49. The maximum absolute atomic E-state index is 11.4. The summed E-state index contributed by atoms with van der Waals surface area (Å²) >= 11 is 0. The molecule has 0 unspecified atom stereocenters. The van der Waals surface area contributed by atoms with Crippen LogP contribution in [0.2, 0.25) is 0 Å². The fraction of sp³-hybridized carbons (Fsp3) is 1.00. The molecule has 1 fully saturated rings. The molecule has 0 bridgehead atoms. The number of nitrogens with zero attached hydrogens (tertiary/aromatic N) is 1. The van der Waals surface area contributed by atoms with Gasteiger partial charge in [-0.05, 0) is 14.1 Å². The SMILES string of the molecule is CO[C@@H]1O[C@H](COS(C)(=O)=O)[C@H](N(C)C)[C@H]1OS(C)(=O)=O. The van der Waals surface area contributed by atoms with Crippen LogP contribution in [0.3, 0.4) is 0 Å². The van der Waals surface area contributed by atoms with Gasteiger partial charge in [0.25, 0.3) is 20.2 Å². The summed E-state index contributed by atoms with van der Waals surface area (Å²) in [6.45, 7) is -0.259. The Kier molecular flexibility index (Phi) is 6.12. The number of likely N-dealkylation sites (N-methyl/N-ethyl adjacent to an activating group) is 1. The van der Waals surface area contributed by atoms with E-state index in [9.17, 15) is 16.8 Å². The van der Waals surface area contributed by atoms with E-state index >= 15 is 0 Å². The van der Waals surface area contributed by atoms with E-state index in [1.54, 1.807) is 19.0 Å². The molecule has 0 aromatic rings. The highest BCUT2D eigenvalue weighted by molar-refractivity contribution is 7.86. The van der Waals surface area contributed by atoms with Gasteiger partial charge in [-0.15, -0.1) is 0 Å². The second-order valence-electron chi connectivity index (χ2n) is 4.99. The third kappa shape index (κ3) is 5.77. The number of hydrogen-bond acceptors (Lipinski definition) is 9. The first-order valence-electron chi connectivity index (χ1n) is 6.02. The molecule has 0 amide bonds. The van der Waals surface area contributed by atoms with Gasteiger partial charge in [0.05, 0.1) is 25.2 Å². The zero-order valence-electron chi connectivity index (χ0n) is 12.5. The molecular weight excluding hydrogens is 326 g/mol. The lowest BCUT2D eigenvalue weighted by molar-refractivity contribution is -0.146. The summed E-state index contributed by atoms with van der Waals surface area (Å²) in [6, 6.07) is -0.550. The van der Waals surface area contributed by atoms with Gasteiger partial charge in [0, 0.05) is 7.11 Å². The van der Waals surface area contributed by atoms with Crippen molar-refractivity contribution in [2.75, 3.05) is 40.3 Å². The Morgan fingerprint density at radius 2 is 1.67 bits per heavy atom. The average Bonchev–Trinajstić information content (AvgIpc) is 2.61. The summed E-state index contributed by atoms with van der Waals surface area (Å²) in [4.78, 5) is 1.67. The average molecular weight is 347 g/mol. The molecule has 1 rings (SSSR count). The molecular formula is C10H21NO8S2. The van der Waals surface area contributed by atoms with E-state index in [4.69, 9.17) is 17.8 Å². The Morgan fingerprint density at radius 1 is 1.10 bits per heavy atom. The molecule has 0 radical (unpaired) electrons. The van der Waals surface area contributed by atoms with E-state index in [0.717, 1.165) is 12.5 Å². The van der Waals surface area contributed by atoms with Gasteiger partial charge in [0.15, 0.2) is 6.29 Å². The van der Waals surface area contributed by atoms with Gasteiger partial charge in [-0.2, -0.15) is 16.8 Å². The largest absolute Gasteiger partial charge is 0.353 e. The fourth-order valence-corrected chi connectivity index (χ4v) is 3.14. The van der Waals surface area contributed by atoms with Gasteiger partial charge >= 0.3 is 0 Å². The van der Waals surface area contributed by atoms with Crippen LogP contribution in [-0.4, -0.2) is 86.6 Å².